The second-order valence-electron chi connectivity index (χ2n) is 8.16. The molecule has 0 radical (unpaired) electrons. The predicted octanol–water partition coefficient (Wildman–Crippen LogP) is 0.895. The summed E-state index contributed by atoms with van der Waals surface area (Å²) in [6.45, 7) is 2.42. The van der Waals surface area contributed by atoms with E-state index >= 15 is 0 Å². The maximum Gasteiger partial charge on any atom is 0.328 e. The van der Waals surface area contributed by atoms with Gasteiger partial charge in [0.25, 0.3) is 5.69 Å². The lowest BCUT2D eigenvalue weighted by molar-refractivity contribution is -0.384. The summed E-state index contributed by atoms with van der Waals surface area (Å²) in [6.07, 6.45) is 3.78. The summed E-state index contributed by atoms with van der Waals surface area (Å²) in [7, 11) is 1.89. The van der Waals surface area contributed by atoms with Crippen molar-refractivity contribution in [3.8, 4) is 0 Å². The molecule has 0 aromatic heterocycles. The number of hydrogen-bond donors (Lipinski definition) is 4. The Kier molecular flexibility index (Phi) is 7.75. The number of benzene rings is 1. The lowest BCUT2D eigenvalue weighted by Crippen LogP contribution is -2.72. The van der Waals surface area contributed by atoms with E-state index in [1.165, 1.54) is 12.1 Å². The number of nitro groups is 1. The van der Waals surface area contributed by atoms with E-state index in [9.17, 15) is 24.5 Å². The molecule has 1 aromatic rings. The fourth-order valence-corrected chi connectivity index (χ4v) is 4.54. The highest BCUT2D eigenvalue weighted by molar-refractivity contribution is 6.20. The first-order valence-corrected chi connectivity index (χ1v) is 10.9. The smallest absolute Gasteiger partial charge is 0.328 e. The Hall–Kier alpha value is -3.05. The van der Waals surface area contributed by atoms with Crippen LogP contribution in [-0.4, -0.2) is 62.0 Å². The highest BCUT2D eigenvalue weighted by Crippen LogP contribution is 2.38. The third kappa shape index (κ3) is 4.89. The largest absolute Gasteiger partial charge is 0.364 e. The summed E-state index contributed by atoms with van der Waals surface area (Å²) in [5.74, 6) is -1.19. The van der Waals surface area contributed by atoms with E-state index in [1.807, 2.05) is 11.9 Å². The molecule has 32 heavy (non-hydrogen) atoms. The summed E-state index contributed by atoms with van der Waals surface area (Å²) >= 11 is 0. The standard InChI is InChI=1S/C21H30N6O5/c1-22-11-5-3-2-4-10-21(18(28)24-20(30)25-19(21)29)17-14-23-12-13-26(17)15-6-8-16(9-7-15)27(31)32/h6-9,17,22-23H,2-5,10-14H2,1H3,(H2,24,25,28,29,30). The predicted molar refractivity (Wildman–Crippen MR) is 118 cm³/mol. The van der Waals surface area contributed by atoms with Gasteiger partial charge in [-0.2, -0.15) is 0 Å². The fraction of sp³-hybridized carbons (Fsp3) is 0.571. The van der Waals surface area contributed by atoms with Gasteiger partial charge in [0.05, 0.1) is 11.0 Å². The van der Waals surface area contributed by atoms with E-state index < -0.39 is 34.2 Å². The fourth-order valence-electron chi connectivity index (χ4n) is 4.54. The van der Waals surface area contributed by atoms with Gasteiger partial charge < -0.3 is 15.5 Å². The summed E-state index contributed by atoms with van der Waals surface area (Å²) in [5.41, 5.74) is -0.796. The lowest BCUT2D eigenvalue weighted by atomic mass is 9.71. The van der Waals surface area contributed by atoms with Gasteiger partial charge in [0.1, 0.15) is 5.41 Å². The summed E-state index contributed by atoms with van der Waals surface area (Å²) in [6, 6.07) is 4.72. The van der Waals surface area contributed by atoms with Crippen molar-refractivity contribution in [3.63, 3.8) is 0 Å². The van der Waals surface area contributed by atoms with Gasteiger partial charge in [-0.1, -0.05) is 19.3 Å². The first-order chi connectivity index (χ1) is 15.4. The number of nitro benzene ring substituents is 1. The molecule has 2 fully saturated rings. The normalized spacial score (nSPS) is 20.6. The molecule has 2 aliphatic rings. The van der Waals surface area contributed by atoms with E-state index in [0.717, 1.165) is 25.8 Å². The van der Waals surface area contributed by atoms with Crippen LogP contribution < -0.4 is 26.2 Å². The number of nitrogens with zero attached hydrogens (tertiary/aromatic N) is 2. The van der Waals surface area contributed by atoms with Gasteiger partial charge in [-0.25, -0.2) is 4.79 Å². The van der Waals surface area contributed by atoms with Crippen molar-refractivity contribution in [3.05, 3.63) is 34.4 Å². The molecule has 174 valence electrons. The van der Waals surface area contributed by atoms with Crippen LogP contribution in [0.4, 0.5) is 16.2 Å². The maximum absolute atomic E-state index is 13.2. The molecule has 2 heterocycles. The molecule has 0 bridgehead atoms. The van der Waals surface area contributed by atoms with Crippen molar-refractivity contribution in [1.29, 1.82) is 0 Å². The molecule has 0 saturated carbocycles. The molecule has 11 nitrogen and oxygen atoms in total. The number of rotatable bonds is 10. The molecule has 4 amide bonds. The molecule has 2 aliphatic heterocycles. The molecule has 2 saturated heterocycles. The number of nitrogens with one attached hydrogen (secondary N) is 4. The number of non-ortho nitro benzene ring substituents is 1. The van der Waals surface area contributed by atoms with Crippen LogP contribution in [0.15, 0.2) is 24.3 Å². The van der Waals surface area contributed by atoms with Crippen LogP contribution in [0, 0.1) is 15.5 Å². The number of imide groups is 2. The molecule has 1 aromatic carbocycles. The number of carbonyl (C=O) groups is 3. The van der Waals surface area contributed by atoms with Crippen LogP contribution in [0.3, 0.4) is 0 Å². The van der Waals surface area contributed by atoms with Crippen LogP contribution >= 0.6 is 0 Å². The zero-order valence-electron chi connectivity index (χ0n) is 18.2. The van der Waals surface area contributed by atoms with E-state index in [-0.39, 0.29) is 5.69 Å². The Morgan fingerprint density at radius 1 is 1.09 bits per heavy atom. The Morgan fingerprint density at radius 3 is 2.38 bits per heavy atom. The third-order valence-corrected chi connectivity index (χ3v) is 6.22. The molecule has 3 rings (SSSR count). The van der Waals surface area contributed by atoms with E-state index in [2.05, 4.69) is 21.3 Å². The Balaban J connectivity index is 1.88. The Morgan fingerprint density at radius 2 is 1.75 bits per heavy atom. The summed E-state index contributed by atoms with van der Waals surface area (Å²) in [5, 5.41) is 22.0. The van der Waals surface area contributed by atoms with Gasteiger partial charge in [0.15, 0.2) is 0 Å². The van der Waals surface area contributed by atoms with Crippen molar-refractivity contribution >= 4 is 29.2 Å². The summed E-state index contributed by atoms with van der Waals surface area (Å²) in [4.78, 5) is 50.6. The van der Waals surface area contributed by atoms with Gasteiger partial charge in [-0.15, -0.1) is 0 Å². The van der Waals surface area contributed by atoms with Crippen molar-refractivity contribution in [2.45, 2.75) is 38.1 Å². The molecule has 1 unspecified atom stereocenters. The number of barbiturate groups is 1. The van der Waals surface area contributed by atoms with Crippen molar-refractivity contribution in [2.24, 2.45) is 5.41 Å². The average Bonchev–Trinajstić information content (AvgIpc) is 2.78. The van der Waals surface area contributed by atoms with Crippen LogP contribution in [0.1, 0.15) is 32.1 Å². The number of hydrogen-bond acceptors (Lipinski definition) is 8. The van der Waals surface area contributed by atoms with Crippen LogP contribution in [0.5, 0.6) is 0 Å². The Labute approximate surface area is 186 Å². The quantitative estimate of drug-likeness (QED) is 0.179. The Bertz CT molecular complexity index is 839. The number of amides is 4. The lowest BCUT2D eigenvalue weighted by Gasteiger charge is -2.48. The molecular weight excluding hydrogens is 416 g/mol. The van der Waals surface area contributed by atoms with Crippen LogP contribution in [0.25, 0.3) is 0 Å². The van der Waals surface area contributed by atoms with Gasteiger partial charge in [-0.05, 0) is 38.6 Å². The minimum Gasteiger partial charge on any atom is -0.364 e. The maximum atomic E-state index is 13.2. The third-order valence-electron chi connectivity index (χ3n) is 6.22. The highest BCUT2D eigenvalue weighted by Gasteiger charge is 2.57. The van der Waals surface area contributed by atoms with Gasteiger partial charge in [0, 0.05) is 37.5 Å². The first kappa shape index (κ1) is 23.6. The summed E-state index contributed by atoms with van der Waals surface area (Å²) < 4.78 is 0. The second kappa shape index (κ2) is 10.5. The number of piperazine rings is 1. The molecule has 11 heteroatoms. The van der Waals surface area contributed by atoms with Gasteiger partial charge >= 0.3 is 6.03 Å². The molecule has 0 aliphatic carbocycles. The van der Waals surface area contributed by atoms with Crippen LogP contribution in [0.2, 0.25) is 0 Å². The minimum absolute atomic E-state index is 0.0320. The van der Waals surface area contributed by atoms with E-state index in [1.54, 1.807) is 12.1 Å². The van der Waals surface area contributed by atoms with E-state index in [0.29, 0.717) is 38.2 Å². The highest BCUT2D eigenvalue weighted by atomic mass is 16.6. The monoisotopic (exact) mass is 446 g/mol. The number of anilines is 1. The zero-order valence-corrected chi connectivity index (χ0v) is 18.2. The van der Waals surface area contributed by atoms with Gasteiger partial charge in [-0.3, -0.25) is 30.3 Å². The SMILES string of the molecule is CNCCCCCCC1(C2CNCCN2c2ccc([N+](=O)[O-])cc2)C(=O)NC(=O)NC1=O. The molecule has 4 N–H and O–H groups in total. The number of urea groups is 1. The van der Waals surface area contributed by atoms with Crippen molar-refractivity contribution in [2.75, 3.05) is 38.1 Å². The van der Waals surface area contributed by atoms with Crippen molar-refractivity contribution < 1.29 is 19.3 Å². The number of unbranched alkanes of at least 4 members (excludes halogenated alkanes) is 3. The van der Waals surface area contributed by atoms with Crippen molar-refractivity contribution in [1.82, 2.24) is 21.3 Å². The minimum atomic E-state index is -1.45. The second-order valence-corrected chi connectivity index (χ2v) is 8.16. The average molecular weight is 447 g/mol. The zero-order chi connectivity index (χ0) is 23.1. The van der Waals surface area contributed by atoms with E-state index in [4.69, 9.17) is 0 Å². The van der Waals surface area contributed by atoms with Gasteiger partial charge in [0.2, 0.25) is 11.8 Å². The molecular formula is C21H30N6O5. The number of carbonyl (C=O) groups excluding carboxylic acids is 3. The van der Waals surface area contributed by atoms with Crippen LogP contribution in [-0.2, 0) is 9.59 Å². The first-order valence-electron chi connectivity index (χ1n) is 10.9. The molecule has 0 spiro atoms. The topological polar surface area (TPSA) is 146 Å². The molecule has 1 atom stereocenters.